The Balaban J connectivity index is 2.30. The molecule has 0 aliphatic rings. The molecule has 0 fully saturated rings. The average molecular weight is 277 g/mol. The molecular weight excluding hydrogens is 264 g/mol. The molecule has 20 heavy (non-hydrogen) atoms. The molecule has 0 unspecified atom stereocenters. The van der Waals surface area contributed by atoms with Crippen LogP contribution in [0.15, 0.2) is 30.3 Å². The van der Waals surface area contributed by atoms with Gasteiger partial charge in [0.1, 0.15) is 17.4 Å². The van der Waals surface area contributed by atoms with Gasteiger partial charge in [0.15, 0.2) is 0 Å². The first-order chi connectivity index (χ1) is 9.38. The van der Waals surface area contributed by atoms with Crippen molar-refractivity contribution in [1.82, 2.24) is 0 Å². The molecule has 0 aliphatic heterocycles. The van der Waals surface area contributed by atoms with Gasteiger partial charge in [0.05, 0.1) is 11.3 Å². The van der Waals surface area contributed by atoms with Gasteiger partial charge in [-0.1, -0.05) is 6.07 Å². The topological polar surface area (TPSA) is 49.3 Å². The molecule has 0 saturated heterocycles. The third-order valence-corrected chi connectivity index (χ3v) is 2.89. The van der Waals surface area contributed by atoms with Crippen LogP contribution < -0.4 is 5.32 Å². The third kappa shape index (κ3) is 2.77. The summed E-state index contributed by atoms with van der Waals surface area (Å²) < 4.78 is 27.0. The average Bonchev–Trinajstić information content (AvgIpc) is 2.35. The summed E-state index contributed by atoms with van der Waals surface area (Å²) in [6.07, 6.45) is 0. The molecule has 5 heteroatoms. The van der Waals surface area contributed by atoms with E-state index in [4.69, 9.17) is 0 Å². The van der Waals surface area contributed by atoms with Crippen LogP contribution in [0, 0.1) is 25.5 Å². The number of phenolic OH excluding ortho intramolecular Hbond substituents is 1. The van der Waals surface area contributed by atoms with Gasteiger partial charge in [-0.3, -0.25) is 4.79 Å². The van der Waals surface area contributed by atoms with Crippen molar-refractivity contribution >= 4 is 11.6 Å². The first-order valence-electron chi connectivity index (χ1n) is 5.95. The van der Waals surface area contributed by atoms with Crippen LogP contribution >= 0.6 is 0 Å². The predicted molar refractivity (Wildman–Crippen MR) is 71.9 cm³/mol. The summed E-state index contributed by atoms with van der Waals surface area (Å²) in [5.41, 5.74) is 0.666. The number of carbonyl (C=O) groups is 1. The monoisotopic (exact) mass is 277 g/mol. The summed E-state index contributed by atoms with van der Waals surface area (Å²) in [5.74, 6) is -2.26. The number of anilines is 1. The molecule has 0 aliphatic carbocycles. The SMILES string of the molecule is Cc1ccc(C(=O)Nc2cc(F)c(C)cc2F)c(O)c1. The van der Waals surface area contributed by atoms with Crippen LogP contribution in [0.25, 0.3) is 0 Å². The number of carbonyl (C=O) groups excluding carboxylic acids is 1. The van der Waals surface area contributed by atoms with Gasteiger partial charge >= 0.3 is 0 Å². The van der Waals surface area contributed by atoms with E-state index in [9.17, 15) is 18.7 Å². The lowest BCUT2D eigenvalue weighted by molar-refractivity contribution is 0.102. The Kier molecular flexibility index (Phi) is 3.70. The standard InChI is InChI=1S/C15H13F2NO2/c1-8-3-4-10(14(19)5-8)15(20)18-13-7-11(16)9(2)6-12(13)17/h3-7,19H,1-2H3,(H,18,20). The molecule has 0 aromatic heterocycles. The molecule has 2 N–H and O–H groups in total. The molecule has 0 radical (unpaired) electrons. The zero-order valence-corrected chi connectivity index (χ0v) is 11.0. The quantitative estimate of drug-likeness (QED) is 0.882. The number of benzene rings is 2. The van der Waals surface area contributed by atoms with Crippen molar-refractivity contribution in [3.63, 3.8) is 0 Å². The van der Waals surface area contributed by atoms with Crippen molar-refractivity contribution < 1.29 is 18.7 Å². The number of nitrogens with one attached hydrogen (secondary N) is 1. The zero-order chi connectivity index (χ0) is 14.9. The molecular formula is C15H13F2NO2. The molecule has 0 bridgehead atoms. The van der Waals surface area contributed by atoms with E-state index in [2.05, 4.69) is 5.32 Å². The maximum Gasteiger partial charge on any atom is 0.259 e. The van der Waals surface area contributed by atoms with Crippen LogP contribution in [0.1, 0.15) is 21.5 Å². The Morgan fingerprint density at radius 3 is 2.45 bits per heavy atom. The van der Waals surface area contributed by atoms with Crippen molar-refractivity contribution in [2.24, 2.45) is 0 Å². The number of halogens is 2. The smallest absolute Gasteiger partial charge is 0.259 e. The van der Waals surface area contributed by atoms with Crippen LogP contribution in [0.2, 0.25) is 0 Å². The van der Waals surface area contributed by atoms with Gasteiger partial charge in [-0.25, -0.2) is 8.78 Å². The number of aromatic hydroxyl groups is 1. The van der Waals surface area contributed by atoms with E-state index in [1.807, 2.05) is 0 Å². The highest BCUT2D eigenvalue weighted by Gasteiger charge is 2.14. The summed E-state index contributed by atoms with van der Waals surface area (Å²) in [4.78, 5) is 11.9. The molecule has 1 amide bonds. The van der Waals surface area contributed by atoms with Crippen molar-refractivity contribution in [2.45, 2.75) is 13.8 Å². The minimum absolute atomic E-state index is 0.00372. The summed E-state index contributed by atoms with van der Waals surface area (Å²) in [6.45, 7) is 3.19. The molecule has 0 spiro atoms. The summed E-state index contributed by atoms with van der Waals surface area (Å²) in [5, 5.41) is 11.9. The van der Waals surface area contributed by atoms with Crippen LogP contribution in [-0.2, 0) is 0 Å². The van der Waals surface area contributed by atoms with Gasteiger partial charge in [0.25, 0.3) is 5.91 Å². The van der Waals surface area contributed by atoms with E-state index in [1.165, 1.54) is 19.1 Å². The lowest BCUT2D eigenvalue weighted by atomic mass is 10.1. The molecule has 2 aromatic rings. The van der Waals surface area contributed by atoms with Crippen molar-refractivity contribution in [2.75, 3.05) is 5.32 Å². The van der Waals surface area contributed by atoms with Gasteiger partial charge < -0.3 is 10.4 Å². The molecule has 2 rings (SSSR count). The van der Waals surface area contributed by atoms with Gasteiger partial charge in [0, 0.05) is 6.07 Å². The Morgan fingerprint density at radius 2 is 1.80 bits per heavy atom. The van der Waals surface area contributed by atoms with Crippen molar-refractivity contribution in [3.8, 4) is 5.75 Å². The summed E-state index contributed by atoms with van der Waals surface area (Å²) in [6, 6.07) is 6.39. The Bertz CT molecular complexity index is 684. The second kappa shape index (κ2) is 5.28. The number of hydrogen-bond acceptors (Lipinski definition) is 2. The number of aryl methyl sites for hydroxylation is 2. The van der Waals surface area contributed by atoms with E-state index in [1.54, 1.807) is 13.0 Å². The van der Waals surface area contributed by atoms with E-state index in [0.29, 0.717) is 0 Å². The van der Waals surface area contributed by atoms with Gasteiger partial charge in [-0.15, -0.1) is 0 Å². The second-order valence-corrected chi connectivity index (χ2v) is 4.56. The highest BCUT2D eigenvalue weighted by atomic mass is 19.1. The molecule has 0 saturated carbocycles. The number of rotatable bonds is 2. The highest BCUT2D eigenvalue weighted by molar-refractivity contribution is 6.06. The number of phenols is 1. The lowest BCUT2D eigenvalue weighted by Gasteiger charge is -2.09. The van der Waals surface area contributed by atoms with Gasteiger partial charge in [0.2, 0.25) is 0 Å². The van der Waals surface area contributed by atoms with Gasteiger partial charge in [-0.2, -0.15) is 0 Å². The van der Waals surface area contributed by atoms with Crippen LogP contribution in [-0.4, -0.2) is 11.0 Å². The summed E-state index contributed by atoms with van der Waals surface area (Å²) >= 11 is 0. The lowest BCUT2D eigenvalue weighted by Crippen LogP contribution is -2.13. The van der Waals surface area contributed by atoms with Crippen LogP contribution in [0.3, 0.4) is 0 Å². The summed E-state index contributed by atoms with van der Waals surface area (Å²) in [7, 11) is 0. The maximum absolute atomic E-state index is 13.6. The van der Waals surface area contributed by atoms with E-state index < -0.39 is 17.5 Å². The number of amides is 1. The second-order valence-electron chi connectivity index (χ2n) is 4.56. The molecule has 2 aromatic carbocycles. The number of hydrogen-bond donors (Lipinski definition) is 2. The fraction of sp³-hybridized carbons (Fsp3) is 0.133. The van der Waals surface area contributed by atoms with E-state index in [0.717, 1.165) is 17.7 Å². The Morgan fingerprint density at radius 1 is 1.10 bits per heavy atom. The third-order valence-electron chi connectivity index (χ3n) is 2.89. The zero-order valence-electron chi connectivity index (χ0n) is 11.0. The van der Waals surface area contributed by atoms with Crippen molar-refractivity contribution in [1.29, 1.82) is 0 Å². The first kappa shape index (κ1) is 14.0. The maximum atomic E-state index is 13.6. The predicted octanol–water partition coefficient (Wildman–Crippen LogP) is 3.54. The Hall–Kier alpha value is -2.43. The van der Waals surface area contributed by atoms with Crippen LogP contribution in [0.4, 0.5) is 14.5 Å². The van der Waals surface area contributed by atoms with E-state index in [-0.39, 0.29) is 22.6 Å². The minimum Gasteiger partial charge on any atom is -0.507 e. The fourth-order valence-corrected chi connectivity index (χ4v) is 1.77. The van der Waals surface area contributed by atoms with E-state index >= 15 is 0 Å². The first-order valence-corrected chi connectivity index (χ1v) is 5.95. The normalized spacial score (nSPS) is 10.4. The minimum atomic E-state index is -0.733. The van der Waals surface area contributed by atoms with Crippen LogP contribution in [0.5, 0.6) is 5.75 Å². The van der Waals surface area contributed by atoms with Crippen molar-refractivity contribution in [3.05, 3.63) is 58.7 Å². The van der Waals surface area contributed by atoms with Gasteiger partial charge in [-0.05, 0) is 43.2 Å². The largest absolute Gasteiger partial charge is 0.507 e. The molecule has 3 nitrogen and oxygen atoms in total. The molecule has 0 heterocycles. The fourth-order valence-electron chi connectivity index (χ4n) is 1.77. The molecule has 0 atom stereocenters. The Labute approximate surface area is 114 Å². The molecule has 104 valence electrons. The highest BCUT2D eigenvalue weighted by Crippen LogP contribution is 2.23.